The van der Waals surface area contributed by atoms with Gasteiger partial charge in [-0.05, 0) is 189 Å². The standard InChI is InChI=1S/C59H52/c1-4-6-11-31-58(32-12-7-5-2)54-36-45(40-13-9-8-10-14-40)22-28-50(54)51-29-23-46(37-55(51)58)47-24-30-53-52-27-15-39(3)33-56(52)59(57(53)38-47,48-25-20-41-16-18-43(41)34-48)49-26-21-42-17-19-44(42)35-49/h4-5,8-10,13-15,20-30,33-38H,1-2,6-7,11-12,16-19,31-32H2,3H3. The van der Waals surface area contributed by atoms with Gasteiger partial charge in [0.25, 0.3) is 0 Å². The van der Waals surface area contributed by atoms with Crippen molar-refractivity contribution in [2.45, 2.75) is 82.0 Å². The molecule has 0 radical (unpaired) electrons. The topological polar surface area (TPSA) is 0 Å². The molecule has 0 heteroatoms. The van der Waals surface area contributed by atoms with E-state index < -0.39 is 5.41 Å². The maximum Gasteiger partial charge on any atom is 0.0714 e. The van der Waals surface area contributed by atoms with Crippen molar-refractivity contribution in [3.63, 3.8) is 0 Å². The van der Waals surface area contributed by atoms with Gasteiger partial charge in [-0.3, -0.25) is 0 Å². The molecular formula is C59H52. The number of rotatable bonds is 12. The molecule has 0 N–H and O–H groups in total. The molecule has 0 fully saturated rings. The minimum absolute atomic E-state index is 0.0937. The van der Waals surface area contributed by atoms with Gasteiger partial charge in [-0.2, -0.15) is 0 Å². The van der Waals surface area contributed by atoms with E-state index in [1.807, 2.05) is 0 Å². The van der Waals surface area contributed by atoms with Crippen molar-refractivity contribution >= 4 is 0 Å². The van der Waals surface area contributed by atoms with E-state index in [2.05, 4.69) is 172 Å². The number of aryl methyl sites for hydroxylation is 5. The molecule has 59 heavy (non-hydrogen) atoms. The third-order valence-corrected chi connectivity index (χ3v) is 14.7. The third-order valence-electron chi connectivity index (χ3n) is 14.7. The fraction of sp³-hybridized carbons (Fsp3) is 0.220. The van der Waals surface area contributed by atoms with Crippen LogP contribution in [0, 0.1) is 6.92 Å². The predicted molar refractivity (Wildman–Crippen MR) is 248 cm³/mol. The summed E-state index contributed by atoms with van der Waals surface area (Å²) in [4.78, 5) is 0. The zero-order valence-electron chi connectivity index (χ0n) is 34.4. The van der Waals surface area contributed by atoms with E-state index in [0.717, 1.165) is 38.5 Å². The second kappa shape index (κ2) is 14.1. The molecule has 288 valence electrons. The van der Waals surface area contributed by atoms with E-state index >= 15 is 0 Å². The highest BCUT2D eigenvalue weighted by atomic mass is 14.5. The molecule has 11 rings (SSSR count). The summed E-state index contributed by atoms with van der Waals surface area (Å²) in [6, 6.07) is 55.1. The Bertz CT molecular complexity index is 2760. The van der Waals surface area contributed by atoms with Crippen LogP contribution in [0.25, 0.3) is 44.5 Å². The van der Waals surface area contributed by atoms with E-state index in [1.54, 1.807) is 0 Å². The molecule has 0 atom stereocenters. The van der Waals surface area contributed by atoms with Crippen LogP contribution in [-0.4, -0.2) is 0 Å². The first-order valence-corrected chi connectivity index (χ1v) is 22.1. The quantitative estimate of drug-likeness (QED) is 0.0859. The van der Waals surface area contributed by atoms with Crippen LogP contribution in [0.5, 0.6) is 0 Å². The van der Waals surface area contributed by atoms with Crippen LogP contribution in [0.1, 0.15) is 99.7 Å². The predicted octanol–water partition coefficient (Wildman–Crippen LogP) is 14.9. The highest BCUT2D eigenvalue weighted by Gasteiger charge is 2.48. The first-order chi connectivity index (χ1) is 29.0. The zero-order valence-corrected chi connectivity index (χ0v) is 34.4. The number of benzene rings is 7. The Labute approximate surface area is 351 Å². The Morgan fingerprint density at radius 2 is 0.898 bits per heavy atom. The van der Waals surface area contributed by atoms with Gasteiger partial charge in [-0.25, -0.2) is 0 Å². The maximum atomic E-state index is 4.13. The normalized spacial score (nSPS) is 15.4. The van der Waals surface area contributed by atoms with Crippen molar-refractivity contribution in [2.24, 2.45) is 0 Å². The Hall–Kier alpha value is -5.98. The second-order valence-corrected chi connectivity index (χ2v) is 17.9. The average molecular weight is 761 g/mol. The van der Waals surface area contributed by atoms with Crippen LogP contribution in [0.3, 0.4) is 0 Å². The van der Waals surface area contributed by atoms with Crippen molar-refractivity contribution in [3.05, 3.63) is 226 Å². The highest BCUT2D eigenvalue weighted by molar-refractivity contribution is 5.90. The summed E-state index contributed by atoms with van der Waals surface area (Å²) in [6.07, 6.45) is 15.4. The van der Waals surface area contributed by atoms with Gasteiger partial charge < -0.3 is 0 Å². The van der Waals surface area contributed by atoms with Gasteiger partial charge in [-0.15, -0.1) is 13.2 Å². The first kappa shape index (κ1) is 36.1. The van der Waals surface area contributed by atoms with Crippen molar-refractivity contribution < 1.29 is 0 Å². The molecule has 4 aliphatic carbocycles. The average Bonchev–Trinajstić information content (AvgIpc) is 3.68. The Morgan fingerprint density at radius 1 is 0.441 bits per heavy atom. The summed E-state index contributed by atoms with van der Waals surface area (Å²) in [7, 11) is 0. The summed E-state index contributed by atoms with van der Waals surface area (Å²) < 4.78 is 0. The van der Waals surface area contributed by atoms with E-state index in [0.29, 0.717) is 0 Å². The summed E-state index contributed by atoms with van der Waals surface area (Å²) >= 11 is 0. The van der Waals surface area contributed by atoms with Gasteiger partial charge >= 0.3 is 0 Å². The molecule has 0 spiro atoms. The highest BCUT2D eigenvalue weighted by Crippen LogP contribution is 2.59. The molecule has 0 saturated heterocycles. The Kier molecular flexibility index (Phi) is 8.63. The minimum atomic E-state index is -0.401. The largest absolute Gasteiger partial charge is 0.103 e. The van der Waals surface area contributed by atoms with Gasteiger partial charge in [0.05, 0.1) is 5.41 Å². The third kappa shape index (κ3) is 5.49. The lowest BCUT2D eigenvalue weighted by Gasteiger charge is -2.37. The number of hydrogen-bond acceptors (Lipinski definition) is 0. The van der Waals surface area contributed by atoms with Gasteiger partial charge in [0.15, 0.2) is 0 Å². The van der Waals surface area contributed by atoms with Gasteiger partial charge in [-0.1, -0.05) is 139 Å². The van der Waals surface area contributed by atoms with Crippen LogP contribution in [-0.2, 0) is 36.5 Å². The molecule has 0 nitrogen and oxygen atoms in total. The number of hydrogen-bond donors (Lipinski definition) is 0. The van der Waals surface area contributed by atoms with Crippen LogP contribution >= 0.6 is 0 Å². The fourth-order valence-corrected chi connectivity index (χ4v) is 11.5. The van der Waals surface area contributed by atoms with Crippen molar-refractivity contribution in [1.82, 2.24) is 0 Å². The first-order valence-electron chi connectivity index (χ1n) is 22.1. The molecule has 7 aromatic rings. The van der Waals surface area contributed by atoms with E-state index in [1.165, 1.54) is 131 Å². The summed E-state index contributed by atoms with van der Waals surface area (Å²) in [5.41, 5.74) is 26.2. The smallest absolute Gasteiger partial charge is 0.0714 e. The molecule has 0 aliphatic heterocycles. The summed E-state index contributed by atoms with van der Waals surface area (Å²) in [5.74, 6) is 0. The van der Waals surface area contributed by atoms with Crippen LogP contribution in [0.15, 0.2) is 165 Å². The monoisotopic (exact) mass is 760 g/mol. The molecule has 0 saturated carbocycles. The van der Waals surface area contributed by atoms with Crippen molar-refractivity contribution in [3.8, 4) is 44.5 Å². The van der Waals surface area contributed by atoms with Crippen LogP contribution in [0.2, 0.25) is 0 Å². The zero-order chi connectivity index (χ0) is 39.7. The molecule has 0 heterocycles. The van der Waals surface area contributed by atoms with E-state index in [-0.39, 0.29) is 5.41 Å². The van der Waals surface area contributed by atoms with Gasteiger partial charge in [0.1, 0.15) is 0 Å². The Morgan fingerprint density at radius 3 is 1.39 bits per heavy atom. The summed E-state index contributed by atoms with van der Waals surface area (Å²) in [5, 5.41) is 0. The van der Waals surface area contributed by atoms with Crippen LogP contribution < -0.4 is 0 Å². The lowest BCUT2D eigenvalue weighted by molar-refractivity contribution is 0.422. The summed E-state index contributed by atoms with van der Waals surface area (Å²) in [6.45, 7) is 10.5. The van der Waals surface area contributed by atoms with Gasteiger partial charge in [0.2, 0.25) is 0 Å². The van der Waals surface area contributed by atoms with Crippen LogP contribution in [0.4, 0.5) is 0 Å². The SMILES string of the molecule is C=CCCCC1(CCCC=C)c2cc(-c3ccccc3)ccc2-c2ccc(-c3ccc4c(c3)C(c3ccc5c(c3)CC5)(c3ccc5c(c3)CC5)c3cc(C)ccc3-4)cc21. The molecule has 0 aromatic heterocycles. The lowest BCUT2D eigenvalue weighted by Crippen LogP contribution is -2.30. The fourth-order valence-electron chi connectivity index (χ4n) is 11.5. The number of fused-ring (bicyclic) bond motifs is 8. The number of allylic oxidation sites excluding steroid dienone is 2. The van der Waals surface area contributed by atoms with E-state index in [4.69, 9.17) is 0 Å². The molecule has 0 amide bonds. The number of unbranched alkanes of at least 4 members (excludes halogenated alkanes) is 2. The van der Waals surface area contributed by atoms with Crippen molar-refractivity contribution in [1.29, 1.82) is 0 Å². The second-order valence-electron chi connectivity index (χ2n) is 17.9. The maximum absolute atomic E-state index is 4.13. The van der Waals surface area contributed by atoms with Crippen molar-refractivity contribution in [2.75, 3.05) is 0 Å². The molecule has 0 bridgehead atoms. The molecule has 7 aromatic carbocycles. The molecular weight excluding hydrogens is 709 g/mol. The molecule has 4 aliphatic rings. The van der Waals surface area contributed by atoms with E-state index in [9.17, 15) is 0 Å². The lowest BCUT2D eigenvalue weighted by atomic mass is 9.65. The minimum Gasteiger partial charge on any atom is -0.103 e. The molecule has 0 unspecified atom stereocenters. The van der Waals surface area contributed by atoms with Gasteiger partial charge in [0, 0.05) is 5.41 Å². The Balaban J connectivity index is 1.12.